The van der Waals surface area contributed by atoms with Crippen molar-refractivity contribution in [1.82, 2.24) is 4.90 Å². The van der Waals surface area contributed by atoms with Crippen LogP contribution in [0.5, 0.6) is 0 Å². The van der Waals surface area contributed by atoms with E-state index in [-0.39, 0.29) is 12.5 Å². The van der Waals surface area contributed by atoms with Gasteiger partial charge in [-0.3, -0.25) is 9.69 Å². The Hall–Kier alpha value is -2.12. The highest BCUT2D eigenvalue weighted by molar-refractivity contribution is 5.93. The summed E-state index contributed by atoms with van der Waals surface area (Å²) in [5.41, 5.74) is 8.99. The predicted molar refractivity (Wildman–Crippen MR) is 108 cm³/mol. The first-order valence-corrected chi connectivity index (χ1v) is 9.55. The number of hydrogen-bond donors (Lipinski definition) is 2. The van der Waals surface area contributed by atoms with Crippen molar-refractivity contribution in [3.05, 3.63) is 29.3 Å². The predicted octanol–water partition coefficient (Wildman–Crippen LogP) is 2.49. The Labute approximate surface area is 161 Å². The number of nitrogens with one attached hydrogen (secondary N) is 1. The first-order chi connectivity index (χ1) is 12.9. The van der Waals surface area contributed by atoms with Crippen LogP contribution in [0.3, 0.4) is 0 Å². The number of amidine groups is 1. The van der Waals surface area contributed by atoms with E-state index in [0.29, 0.717) is 37.4 Å². The van der Waals surface area contributed by atoms with Crippen LogP contribution in [0.2, 0.25) is 0 Å². The molecule has 7 heteroatoms. The minimum atomic E-state index is -0.243. The number of morpholine rings is 1. The molecule has 0 unspecified atom stereocenters. The second kappa shape index (κ2) is 10.3. The molecule has 27 heavy (non-hydrogen) atoms. The molecule has 1 amide bonds. The zero-order valence-electron chi connectivity index (χ0n) is 16.8. The number of carbonyl (C=O) groups is 1. The van der Waals surface area contributed by atoms with E-state index in [1.54, 1.807) is 0 Å². The second-order valence-electron chi connectivity index (χ2n) is 7.41. The topological polar surface area (TPSA) is 89.2 Å². The number of rotatable bonds is 8. The van der Waals surface area contributed by atoms with Crippen molar-refractivity contribution >= 4 is 17.4 Å². The van der Waals surface area contributed by atoms with Crippen LogP contribution in [0.1, 0.15) is 50.7 Å². The number of oxime groups is 1. The Kier molecular flexibility index (Phi) is 8.06. The molecule has 0 aromatic heterocycles. The van der Waals surface area contributed by atoms with Crippen molar-refractivity contribution in [3.8, 4) is 0 Å². The van der Waals surface area contributed by atoms with Gasteiger partial charge in [0.25, 0.3) is 5.91 Å². The van der Waals surface area contributed by atoms with Crippen LogP contribution in [0, 0.1) is 0 Å². The van der Waals surface area contributed by atoms with E-state index in [2.05, 4.69) is 43.1 Å². The van der Waals surface area contributed by atoms with Gasteiger partial charge in [0.1, 0.15) is 0 Å². The largest absolute Gasteiger partial charge is 0.384 e. The van der Waals surface area contributed by atoms with Gasteiger partial charge in [-0.2, -0.15) is 0 Å². The molecule has 0 bridgehead atoms. The lowest BCUT2D eigenvalue weighted by molar-refractivity contribution is -0.120. The van der Waals surface area contributed by atoms with E-state index in [1.165, 1.54) is 0 Å². The first-order valence-electron chi connectivity index (χ1n) is 9.55. The number of nitrogens with zero attached hydrogens (tertiary/aromatic N) is 2. The van der Waals surface area contributed by atoms with E-state index in [0.717, 1.165) is 29.9 Å². The number of amides is 1. The highest BCUT2D eigenvalue weighted by Crippen LogP contribution is 2.32. The molecule has 1 aliphatic rings. The second-order valence-corrected chi connectivity index (χ2v) is 7.41. The molecular weight excluding hydrogens is 344 g/mol. The summed E-state index contributed by atoms with van der Waals surface area (Å²) in [6, 6.07) is 6.13. The number of hydrogen-bond acceptors (Lipinski definition) is 5. The molecule has 0 saturated carbocycles. The minimum absolute atomic E-state index is 0.173. The summed E-state index contributed by atoms with van der Waals surface area (Å²) in [5, 5.41) is 6.86. The van der Waals surface area contributed by atoms with Gasteiger partial charge in [-0.1, -0.05) is 51.0 Å². The van der Waals surface area contributed by atoms with Gasteiger partial charge in [0.2, 0.25) is 0 Å². The lowest BCUT2D eigenvalue weighted by Gasteiger charge is -2.25. The maximum absolute atomic E-state index is 12.4. The molecular formula is C20H32N4O3. The van der Waals surface area contributed by atoms with Gasteiger partial charge in [-0.15, -0.1) is 0 Å². The van der Waals surface area contributed by atoms with Crippen molar-refractivity contribution in [2.45, 2.75) is 39.5 Å². The first kappa shape index (κ1) is 21.2. The lowest BCUT2D eigenvalue weighted by Crippen LogP contribution is -2.41. The zero-order valence-corrected chi connectivity index (χ0v) is 16.8. The molecule has 1 aliphatic heterocycles. The molecule has 1 fully saturated rings. The van der Waals surface area contributed by atoms with Crippen molar-refractivity contribution < 1.29 is 14.4 Å². The highest BCUT2D eigenvalue weighted by atomic mass is 16.6. The number of benzene rings is 1. The van der Waals surface area contributed by atoms with E-state index >= 15 is 0 Å². The van der Waals surface area contributed by atoms with Crippen LogP contribution < -0.4 is 11.1 Å². The summed E-state index contributed by atoms with van der Waals surface area (Å²) in [5.74, 6) is 0.729. The average molecular weight is 377 g/mol. The van der Waals surface area contributed by atoms with Crippen LogP contribution in [-0.2, 0) is 14.4 Å². The van der Waals surface area contributed by atoms with Crippen molar-refractivity contribution in [2.24, 2.45) is 10.9 Å². The third kappa shape index (κ3) is 6.52. The van der Waals surface area contributed by atoms with Crippen LogP contribution in [0.4, 0.5) is 5.69 Å². The Balaban J connectivity index is 1.92. The molecule has 1 heterocycles. The molecule has 150 valence electrons. The Morgan fingerprint density at radius 2 is 1.81 bits per heavy atom. The summed E-state index contributed by atoms with van der Waals surface area (Å²) < 4.78 is 5.30. The average Bonchev–Trinajstić information content (AvgIpc) is 2.62. The molecule has 0 aliphatic carbocycles. The van der Waals surface area contributed by atoms with Gasteiger partial charge in [0.05, 0.1) is 19.8 Å². The smallest absolute Gasteiger partial charge is 0.265 e. The normalized spacial score (nSPS) is 16.0. The van der Waals surface area contributed by atoms with Crippen molar-refractivity contribution in [1.29, 1.82) is 0 Å². The highest BCUT2D eigenvalue weighted by Gasteiger charge is 2.16. The zero-order chi connectivity index (χ0) is 19.8. The molecule has 3 N–H and O–H groups in total. The number of carbonyl (C=O) groups excluding carboxylic acids is 1. The molecule has 1 saturated heterocycles. The lowest BCUT2D eigenvalue weighted by atomic mass is 9.92. The third-order valence-corrected chi connectivity index (χ3v) is 4.50. The van der Waals surface area contributed by atoms with Crippen LogP contribution in [0.25, 0.3) is 0 Å². The van der Waals surface area contributed by atoms with Crippen molar-refractivity contribution in [2.75, 3.05) is 44.8 Å². The Morgan fingerprint density at radius 3 is 2.37 bits per heavy atom. The monoisotopic (exact) mass is 376 g/mol. The number of para-hydroxylation sites is 1. The quantitative estimate of drug-likeness (QED) is 0.413. The number of ether oxygens (including phenoxy) is 1. The molecule has 2 rings (SSSR count). The van der Waals surface area contributed by atoms with Crippen molar-refractivity contribution in [3.63, 3.8) is 0 Å². The summed E-state index contributed by atoms with van der Waals surface area (Å²) in [6.45, 7) is 11.8. The third-order valence-electron chi connectivity index (χ3n) is 4.50. The summed E-state index contributed by atoms with van der Waals surface area (Å²) in [6.07, 6.45) is 0. The molecule has 7 nitrogen and oxygen atoms in total. The van der Waals surface area contributed by atoms with Crippen LogP contribution in [0.15, 0.2) is 23.4 Å². The van der Waals surface area contributed by atoms with E-state index in [9.17, 15) is 4.79 Å². The van der Waals surface area contributed by atoms with Gasteiger partial charge in [-0.05, 0) is 23.0 Å². The minimum Gasteiger partial charge on any atom is -0.384 e. The van der Waals surface area contributed by atoms with Gasteiger partial charge >= 0.3 is 0 Å². The standard InChI is InChI=1S/C20H32N4O3/c1-14(2)16-6-5-7-17(15(3)4)20(16)22-19(25)13-27-23-18(21)12-24-8-10-26-11-9-24/h5-7,14-15H,8-13H2,1-4H3,(H2,21,23)(H,22,25). The van der Waals surface area contributed by atoms with Crippen LogP contribution >= 0.6 is 0 Å². The van der Waals surface area contributed by atoms with Crippen LogP contribution in [-0.4, -0.2) is 56.1 Å². The van der Waals surface area contributed by atoms with Gasteiger partial charge < -0.3 is 20.6 Å². The fourth-order valence-corrected chi connectivity index (χ4v) is 3.06. The Morgan fingerprint density at radius 1 is 1.22 bits per heavy atom. The molecule has 0 radical (unpaired) electrons. The fraction of sp³-hybridized carbons (Fsp3) is 0.600. The van der Waals surface area contributed by atoms with Gasteiger partial charge in [0.15, 0.2) is 12.4 Å². The fourth-order valence-electron chi connectivity index (χ4n) is 3.06. The summed E-state index contributed by atoms with van der Waals surface area (Å²) in [4.78, 5) is 19.7. The molecule has 1 aromatic carbocycles. The van der Waals surface area contributed by atoms with E-state index in [1.807, 2.05) is 18.2 Å². The SMILES string of the molecule is CC(C)c1cccc(C(C)C)c1NC(=O)CO/N=C(/N)CN1CCOCC1. The molecule has 0 spiro atoms. The van der Waals surface area contributed by atoms with E-state index in [4.69, 9.17) is 15.3 Å². The maximum Gasteiger partial charge on any atom is 0.265 e. The maximum atomic E-state index is 12.4. The number of nitrogens with two attached hydrogens (primary N) is 1. The summed E-state index contributed by atoms with van der Waals surface area (Å²) >= 11 is 0. The van der Waals surface area contributed by atoms with Gasteiger partial charge in [0, 0.05) is 18.8 Å². The van der Waals surface area contributed by atoms with E-state index < -0.39 is 0 Å². The molecule has 0 atom stereocenters. The Bertz CT molecular complexity index is 626. The number of anilines is 1. The van der Waals surface area contributed by atoms with Gasteiger partial charge in [-0.25, -0.2) is 0 Å². The summed E-state index contributed by atoms with van der Waals surface area (Å²) in [7, 11) is 0. The molecule has 1 aromatic rings.